The fraction of sp³-hybridized carbons (Fsp3) is 0.294. The van der Waals surface area contributed by atoms with Crippen LogP contribution in [0.2, 0.25) is 0 Å². The highest BCUT2D eigenvalue weighted by atomic mass is 31.2. The summed E-state index contributed by atoms with van der Waals surface area (Å²) >= 11 is 0. The lowest BCUT2D eigenvalue weighted by Crippen LogP contribution is -2.30. The molecule has 0 unspecified atom stereocenters. The third-order valence-corrected chi connectivity index (χ3v) is 7.12. The van der Waals surface area contributed by atoms with Gasteiger partial charge in [-0.1, -0.05) is 88.9 Å². The first kappa shape index (κ1) is 15.7. The minimum absolute atomic E-state index is 0. The maximum absolute atomic E-state index is 13.6. The van der Waals surface area contributed by atoms with Crippen LogP contribution in [0.4, 0.5) is 0 Å². The van der Waals surface area contributed by atoms with Gasteiger partial charge in [0.15, 0.2) is 0 Å². The summed E-state index contributed by atoms with van der Waals surface area (Å²) in [7, 11) is -2.61. The molecule has 0 heterocycles. The highest BCUT2D eigenvalue weighted by Gasteiger charge is 2.39. The molecule has 0 aliphatic heterocycles. The van der Waals surface area contributed by atoms with Gasteiger partial charge in [-0.15, -0.1) is 0 Å². The second-order valence-electron chi connectivity index (χ2n) is 5.45. The Bertz CT molecular complexity index is 509. The van der Waals surface area contributed by atoms with E-state index in [0.29, 0.717) is 0 Å². The maximum Gasteiger partial charge on any atom is 0.148 e. The quantitative estimate of drug-likeness (QED) is 0.740. The first-order chi connectivity index (χ1) is 8.46. The van der Waals surface area contributed by atoms with Gasteiger partial charge >= 0.3 is 0 Å². The zero-order valence-electron chi connectivity index (χ0n) is 11.1. The number of hydrogen-bond acceptors (Lipinski definition) is 1. The highest BCUT2D eigenvalue weighted by molar-refractivity contribution is 7.80. The molecule has 0 aliphatic rings. The van der Waals surface area contributed by atoms with Gasteiger partial charge in [0.1, 0.15) is 7.14 Å². The molecule has 2 aromatic carbocycles. The predicted molar refractivity (Wildman–Crippen MR) is 86.2 cm³/mol. The van der Waals surface area contributed by atoms with Crippen LogP contribution < -0.4 is 10.6 Å². The van der Waals surface area contributed by atoms with Gasteiger partial charge in [0.25, 0.3) is 0 Å². The molecule has 19 heavy (non-hydrogen) atoms. The summed E-state index contributed by atoms with van der Waals surface area (Å²) in [5, 5.41) is 1.59. The maximum atomic E-state index is 13.6. The second kappa shape index (κ2) is 5.75. The van der Waals surface area contributed by atoms with E-state index in [-0.39, 0.29) is 12.6 Å². The van der Waals surface area contributed by atoms with Gasteiger partial charge in [0.2, 0.25) is 0 Å². The van der Waals surface area contributed by atoms with Crippen molar-refractivity contribution in [1.29, 1.82) is 0 Å². The van der Waals surface area contributed by atoms with E-state index in [1.165, 1.54) is 0 Å². The molecule has 2 aromatic rings. The molecular weight excluding hydrogens is 251 g/mol. The van der Waals surface area contributed by atoms with E-state index in [0.717, 1.165) is 10.6 Å². The average Bonchev–Trinajstić information content (AvgIpc) is 2.38. The van der Waals surface area contributed by atoms with E-state index in [4.69, 9.17) is 0 Å². The Morgan fingerprint density at radius 1 is 0.737 bits per heavy atom. The van der Waals surface area contributed by atoms with Crippen molar-refractivity contribution in [3.05, 3.63) is 60.7 Å². The molecule has 0 amide bonds. The summed E-state index contributed by atoms with van der Waals surface area (Å²) in [6, 6.07) is 19.6. The Morgan fingerprint density at radius 2 is 1.05 bits per heavy atom. The van der Waals surface area contributed by atoms with E-state index < -0.39 is 7.14 Å². The summed E-state index contributed by atoms with van der Waals surface area (Å²) in [6.45, 7) is 6.15. The van der Waals surface area contributed by atoms with Gasteiger partial charge < -0.3 is 4.57 Å². The van der Waals surface area contributed by atoms with Crippen molar-refractivity contribution in [1.82, 2.24) is 0 Å². The molecule has 0 spiro atoms. The minimum Gasteiger partial charge on any atom is -0.313 e. The summed E-state index contributed by atoms with van der Waals surface area (Å²) in [6.07, 6.45) is 0. The summed E-state index contributed by atoms with van der Waals surface area (Å²) < 4.78 is 13.6. The minimum atomic E-state index is -2.61. The lowest BCUT2D eigenvalue weighted by Gasteiger charge is -2.32. The van der Waals surface area contributed by atoms with Crippen molar-refractivity contribution < 1.29 is 4.57 Å². The normalized spacial score (nSPS) is 11.7. The Morgan fingerprint density at radius 3 is 1.32 bits per heavy atom. The molecule has 0 bridgehead atoms. The first-order valence-electron chi connectivity index (χ1n) is 6.17. The van der Waals surface area contributed by atoms with E-state index in [1.807, 2.05) is 81.4 Å². The molecular formula is C17H23OP. The lowest BCUT2D eigenvalue weighted by molar-refractivity contribution is 0.564. The van der Waals surface area contributed by atoms with Crippen molar-refractivity contribution >= 4 is 17.8 Å². The molecule has 0 saturated carbocycles. The van der Waals surface area contributed by atoms with Crippen molar-refractivity contribution in [2.24, 2.45) is 0 Å². The second-order valence-corrected chi connectivity index (χ2v) is 9.04. The van der Waals surface area contributed by atoms with E-state index >= 15 is 0 Å². The third kappa shape index (κ3) is 2.82. The monoisotopic (exact) mass is 274 g/mol. The van der Waals surface area contributed by atoms with Crippen LogP contribution in [0.1, 0.15) is 28.2 Å². The van der Waals surface area contributed by atoms with Gasteiger partial charge in [-0.3, -0.25) is 0 Å². The fourth-order valence-corrected chi connectivity index (χ4v) is 5.23. The molecule has 0 radical (unpaired) electrons. The highest BCUT2D eigenvalue weighted by Crippen LogP contribution is 2.55. The van der Waals surface area contributed by atoms with Crippen LogP contribution in [0.3, 0.4) is 0 Å². The number of benzene rings is 2. The van der Waals surface area contributed by atoms with Gasteiger partial charge in [-0.05, 0) is 0 Å². The fourth-order valence-electron chi connectivity index (χ4n) is 2.20. The Labute approximate surface area is 117 Å². The zero-order chi connectivity index (χ0) is 13.2. The SMILES string of the molecule is C.CC(C)(C)P(=O)(c1ccccc1)c1ccccc1. The van der Waals surface area contributed by atoms with Crippen LogP contribution in [0.15, 0.2) is 60.7 Å². The molecule has 2 rings (SSSR count). The van der Waals surface area contributed by atoms with Crippen molar-refractivity contribution in [3.8, 4) is 0 Å². The smallest absolute Gasteiger partial charge is 0.148 e. The number of rotatable bonds is 2. The number of hydrogen-bond donors (Lipinski definition) is 0. The summed E-state index contributed by atoms with van der Waals surface area (Å²) in [5.74, 6) is 0. The first-order valence-corrected chi connectivity index (χ1v) is 7.88. The van der Waals surface area contributed by atoms with Crippen molar-refractivity contribution in [2.45, 2.75) is 33.4 Å². The van der Waals surface area contributed by atoms with Crippen LogP contribution in [0.5, 0.6) is 0 Å². The topological polar surface area (TPSA) is 17.1 Å². The third-order valence-electron chi connectivity index (χ3n) is 3.18. The molecule has 0 saturated heterocycles. The Hall–Kier alpha value is -1.33. The Kier molecular flexibility index (Phi) is 4.76. The van der Waals surface area contributed by atoms with Crippen LogP contribution >= 0.6 is 7.14 Å². The zero-order valence-corrected chi connectivity index (χ0v) is 12.0. The molecule has 0 aromatic heterocycles. The van der Waals surface area contributed by atoms with Crippen LogP contribution in [0.25, 0.3) is 0 Å². The Balaban J connectivity index is 0.00000180. The van der Waals surface area contributed by atoms with E-state index in [1.54, 1.807) is 0 Å². The molecule has 0 atom stereocenters. The van der Waals surface area contributed by atoms with Gasteiger partial charge in [-0.25, -0.2) is 0 Å². The molecule has 0 fully saturated rings. The van der Waals surface area contributed by atoms with E-state index in [9.17, 15) is 4.57 Å². The van der Waals surface area contributed by atoms with E-state index in [2.05, 4.69) is 0 Å². The molecule has 102 valence electrons. The average molecular weight is 274 g/mol. The predicted octanol–water partition coefficient (Wildman–Crippen LogP) is 4.44. The van der Waals surface area contributed by atoms with Gasteiger partial charge in [0.05, 0.1) is 0 Å². The van der Waals surface area contributed by atoms with Gasteiger partial charge in [0, 0.05) is 15.8 Å². The van der Waals surface area contributed by atoms with Crippen molar-refractivity contribution in [2.75, 3.05) is 0 Å². The van der Waals surface area contributed by atoms with Crippen molar-refractivity contribution in [3.63, 3.8) is 0 Å². The lowest BCUT2D eigenvalue weighted by atomic mass is 10.3. The molecule has 0 N–H and O–H groups in total. The van der Waals surface area contributed by atoms with Crippen LogP contribution in [-0.2, 0) is 4.57 Å². The van der Waals surface area contributed by atoms with Crippen LogP contribution in [-0.4, -0.2) is 5.16 Å². The molecule has 0 aliphatic carbocycles. The molecule has 2 heteroatoms. The van der Waals surface area contributed by atoms with Gasteiger partial charge in [-0.2, -0.15) is 0 Å². The van der Waals surface area contributed by atoms with Crippen LogP contribution in [0, 0.1) is 0 Å². The summed E-state index contributed by atoms with van der Waals surface area (Å²) in [4.78, 5) is 0. The molecule has 1 nitrogen and oxygen atoms in total. The standard InChI is InChI=1S/C16H19OP.CH4/c1-16(2,3)18(17,14-10-6-4-7-11-14)15-12-8-5-9-13-15;/h4-13H,1-3H3;1H4. The summed E-state index contributed by atoms with van der Waals surface area (Å²) in [5.41, 5.74) is 0. The largest absolute Gasteiger partial charge is 0.313 e.